The molecule has 2 fully saturated rings. The maximum Gasteiger partial charge on any atom is 0.260 e. The third kappa shape index (κ3) is 4.57. The van der Waals surface area contributed by atoms with Gasteiger partial charge in [0.2, 0.25) is 0 Å². The van der Waals surface area contributed by atoms with Gasteiger partial charge >= 0.3 is 0 Å². The molecule has 1 aromatic carbocycles. The minimum Gasteiger partial charge on any atom is -0.483 e. The fourth-order valence-electron chi connectivity index (χ4n) is 4.32. The average Bonchev–Trinajstić information content (AvgIpc) is 2.61. The van der Waals surface area contributed by atoms with E-state index in [2.05, 4.69) is 19.1 Å². The highest BCUT2D eigenvalue weighted by Crippen LogP contribution is 2.29. The van der Waals surface area contributed by atoms with Gasteiger partial charge in [-0.05, 0) is 63.5 Å². The van der Waals surface area contributed by atoms with Gasteiger partial charge in [0.15, 0.2) is 6.61 Å². The number of amides is 1. The number of hydrogen-bond donors (Lipinski definition) is 1. The van der Waals surface area contributed by atoms with Gasteiger partial charge in [0.25, 0.3) is 5.91 Å². The van der Waals surface area contributed by atoms with Crippen molar-refractivity contribution in [1.82, 2.24) is 4.90 Å². The molecule has 3 rings (SSSR count). The number of carbonyl (C=O) groups is 1. The number of piperidine rings is 1. The largest absolute Gasteiger partial charge is 0.483 e. The molecular weight excluding hydrogens is 328 g/mol. The summed E-state index contributed by atoms with van der Waals surface area (Å²) in [4.78, 5) is 14.5. The van der Waals surface area contributed by atoms with Crippen molar-refractivity contribution < 1.29 is 14.3 Å². The number of likely N-dealkylation sites (tertiary alicyclic amines) is 1. The Morgan fingerprint density at radius 3 is 2.46 bits per heavy atom. The first kappa shape index (κ1) is 19.2. The Morgan fingerprint density at radius 1 is 1.19 bits per heavy atom. The third-order valence-corrected chi connectivity index (χ3v) is 5.72. The predicted octanol–water partition coefficient (Wildman–Crippen LogP) is 2.74. The number of hydrogen-bond acceptors (Lipinski definition) is 4. The Bertz CT molecular complexity index is 615. The molecule has 0 aromatic heterocycles. The molecule has 5 nitrogen and oxygen atoms in total. The highest BCUT2D eigenvalue weighted by atomic mass is 16.5. The highest BCUT2D eigenvalue weighted by molar-refractivity contribution is 5.78. The van der Waals surface area contributed by atoms with Crippen LogP contribution in [0.5, 0.6) is 5.75 Å². The second kappa shape index (κ2) is 8.40. The Balaban J connectivity index is 1.48. The van der Waals surface area contributed by atoms with Gasteiger partial charge in [0.1, 0.15) is 5.75 Å². The van der Waals surface area contributed by atoms with Gasteiger partial charge in [0, 0.05) is 25.7 Å². The highest BCUT2D eigenvalue weighted by Gasteiger charge is 2.32. The summed E-state index contributed by atoms with van der Waals surface area (Å²) in [7, 11) is 0. The van der Waals surface area contributed by atoms with E-state index in [0.29, 0.717) is 5.92 Å². The zero-order valence-electron chi connectivity index (χ0n) is 16.3. The van der Waals surface area contributed by atoms with E-state index in [1.807, 2.05) is 18.7 Å². The molecule has 0 spiro atoms. The van der Waals surface area contributed by atoms with Crippen molar-refractivity contribution in [2.75, 3.05) is 26.3 Å². The van der Waals surface area contributed by atoms with E-state index < -0.39 is 0 Å². The summed E-state index contributed by atoms with van der Waals surface area (Å²) in [6, 6.07) is 4.45. The van der Waals surface area contributed by atoms with Gasteiger partial charge in [-0.15, -0.1) is 0 Å². The predicted molar refractivity (Wildman–Crippen MR) is 102 cm³/mol. The topological polar surface area (TPSA) is 64.8 Å². The smallest absolute Gasteiger partial charge is 0.260 e. The van der Waals surface area contributed by atoms with Crippen molar-refractivity contribution in [3.05, 3.63) is 28.8 Å². The van der Waals surface area contributed by atoms with Crippen molar-refractivity contribution in [2.45, 2.75) is 58.6 Å². The van der Waals surface area contributed by atoms with Gasteiger partial charge in [-0.1, -0.05) is 17.7 Å². The molecule has 2 unspecified atom stereocenters. The number of benzene rings is 1. The van der Waals surface area contributed by atoms with Crippen molar-refractivity contribution in [1.29, 1.82) is 0 Å². The van der Waals surface area contributed by atoms with Gasteiger partial charge < -0.3 is 20.1 Å². The Morgan fingerprint density at radius 2 is 1.85 bits per heavy atom. The summed E-state index contributed by atoms with van der Waals surface area (Å²) in [6.45, 7) is 8.58. The molecule has 0 bridgehead atoms. The van der Waals surface area contributed by atoms with Crippen LogP contribution in [0, 0.1) is 26.7 Å². The molecule has 2 aliphatic heterocycles. The van der Waals surface area contributed by atoms with E-state index in [1.54, 1.807) is 0 Å². The first-order chi connectivity index (χ1) is 12.4. The number of aryl methyl sites for hydroxylation is 3. The van der Waals surface area contributed by atoms with Crippen LogP contribution in [0.1, 0.15) is 42.4 Å². The molecule has 2 N–H and O–H groups in total. The summed E-state index contributed by atoms with van der Waals surface area (Å²) in [6.07, 6.45) is 4.17. The Labute approximate surface area is 156 Å². The van der Waals surface area contributed by atoms with Crippen LogP contribution in [-0.4, -0.2) is 49.3 Å². The summed E-state index contributed by atoms with van der Waals surface area (Å²) in [5, 5.41) is 0. The van der Waals surface area contributed by atoms with Crippen molar-refractivity contribution >= 4 is 5.91 Å². The normalized spacial score (nSPS) is 24.5. The van der Waals surface area contributed by atoms with E-state index >= 15 is 0 Å². The lowest BCUT2D eigenvalue weighted by atomic mass is 9.86. The summed E-state index contributed by atoms with van der Waals surface area (Å²) in [5.74, 6) is 1.43. The molecule has 2 heterocycles. The van der Waals surface area contributed by atoms with Crippen LogP contribution in [0.3, 0.4) is 0 Å². The number of carbonyl (C=O) groups excluding carboxylic acids is 1. The fraction of sp³-hybridized carbons (Fsp3) is 0.667. The summed E-state index contributed by atoms with van der Waals surface area (Å²) in [5.41, 5.74) is 9.45. The maximum absolute atomic E-state index is 12.5. The van der Waals surface area contributed by atoms with E-state index in [0.717, 1.165) is 62.3 Å². The monoisotopic (exact) mass is 360 g/mol. The summed E-state index contributed by atoms with van der Waals surface area (Å²) >= 11 is 0. The molecule has 1 amide bonds. The molecule has 0 radical (unpaired) electrons. The molecule has 2 atom stereocenters. The molecule has 5 heteroatoms. The second-order valence-corrected chi connectivity index (χ2v) is 7.93. The van der Waals surface area contributed by atoms with Gasteiger partial charge in [-0.25, -0.2) is 0 Å². The van der Waals surface area contributed by atoms with E-state index in [9.17, 15) is 4.79 Å². The maximum atomic E-state index is 12.5. The van der Waals surface area contributed by atoms with Crippen LogP contribution in [0.2, 0.25) is 0 Å². The Kier molecular flexibility index (Phi) is 6.20. The van der Waals surface area contributed by atoms with Crippen LogP contribution < -0.4 is 10.5 Å². The third-order valence-electron chi connectivity index (χ3n) is 5.72. The van der Waals surface area contributed by atoms with Crippen molar-refractivity contribution in [2.24, 2.45) is 11.7 Å². The first-order valence-corrected chi connectivity index (χ1v) is 9.79. The number of nitrogens with zero attached hydrogens (tertiary/aromatic N) is 1. The molecule has 0 saturated carbocycles. The summed E-state index contributed by atoms with van der Waals surface area (Å²) < 4.78 is 11.8. The molecule has 0 aliphatic carbocycles. The Hall–Kier alpha value is -1.59. The van der Waals surface area contributed by atoms with E-state index in [-0.39, 0.29) is 24.7 Å². The minimum absolute atomic E-state index is 0.0732. The second-order valence-electron chi connectivity index (χ2n) is 7.93. The van der Waals surface area contributed by atoms with Crippen LogP contribution in [0.15, 0.2) is 12.1 Å². The lowest BCUT2D eigenvalue weighted by molar-refractivity contribution is -0.136. The zero-order chi connectivity index (χ0) is 18.7. The standard InChI is InChI=1S/C21H32N2O3/c1-14-10-15(2)21(16(3)11-14)26-13-20(24)23-7-4-17(5-8-23)19-12-18(22)6-9-25-19/h10-11,17-19H,4-9,12-13,22H2,1-3H3. The van der Waals surface area contributed by atoms with Crippen LogP contribution >= 0.6 is 0 Å². The zero-order valence-corrected chi connectivity index (χ0v) is 16.3. The van der Waals surface area contributed by atoms with Crippen molar-refractivity contribution in [3.63, 3.8) is 0 Å². The molecular formula is C21H32N2O3. The van der Waals surface area contributed by atoms with Crippen LogP contribution in [0.4, 0.5) is 0 Å². The van der Waals surface area contributed by atoms with Gasteiger partial charge in [0.05, 0.1) is 6.10 Å². The number of ether oxygens (including phenoxy) is 2. The molecule has 26 heavy (non-hydrogen) atoms. The number of rotatable bonds is 4. The quantitative estimate of drug-likeness (QED) is 0.897. The van der Waals surface area contributed by atoms with Gasteiger partial charge in [-0.3, -0.25) is 4.79 Å². The first-order valence-electron chi connectivity index (χ1n) is 9.79. The minimum atomic E-state index is 0.0732. The molecule has 2 saturated heterocycles. The molecule has 144 valence electrons. The van der Waals surface area contributed by atoms with Crippen LogP contribution in [0.25, 0.3) is 0 Å². The SMILES string of the molecule is Cc1cc(C)c(OCC(=O)N2CCC(C3CC(N)CCO3)CC2)c(C)c1. The molecule has 1 aromatic rings. The average molecular weight is 360 g/mol. The molecule has 2 aliphatic rings. The van der Waals surface area contributed by atoms with Crippen molar-refractivity contribution in [3.8, 4) is 5.75 Å². The van der Waals surface area contributed by atoms with E-state index in [1.165, 1.54) is 5.56 Å². The number of nitrogens with two attached hydrogens (primary N) is 1. The van der Waals surface area contributed by atoms with Crippen LogP contribution in [-0.2, 0) is 9.53 Å². The van der Waals surface area contributed by atoms with E-state index in [4.69, 9.17) is 15.2 Å². The van der Waals surface area contributed by atoms with Gasteiger partial charge in [-0.2, -0.15) is 0 Å². The fourth-order valence-corrected chi connectivity index (χ4v) is 4.32. The lowest BCUT2D eigenvalue weighted by Gasteiger charge is -2.38. The lowest BCUT2D eigenvalue weighted by Crippen LogP contribution is -2.46.